The SMILES string of the molecule is CC1CCCN(c2c(F)cccc2[C@H](C)N)C1. The maximum absolute atomic E-state index is 14.0. The van der Waals surface area contributed by atoms with E-state index in [-0.39, 0.29) is 11.9 Å². The van der Waals surface area contributed by atoms with Crippen LogP contribution in [0.25, 0.3) is 0 Å². The third kappa shape index (κ3) is 2.60. The van der Waals surface area contributed by atoms with Crippen LogP contribution in [0.4, 0.5) is 10.1 Å². The number of benzene rings is 1. The van der Waals surface area contributed by atoms with Crippen molar-refractivity contribution in [2.75, 3.05) is 18.0 Å². The van der Waals surface area contributed by atoms with Crippen LogP contribution in [-0.4, -0.2) is 13.1 Å². The Bertz CT molecular complexity index is 390. The third-order valence-corrected chi connectivity index (χ3v) is 3.48. The van der Waals surface area contributed by atoms with Gasteiger partial charge >= 0.3 is 0 Å². The van der Waals surface area contributed by atoms with Gasteiger partial charge in [0, 0.05) is 19.1 Å². The van der Waals surface area contributed by atoms with Crippen molar-refractivity contribution < 1.29 is 4.39 Å². The van der Waals surface area contributed by atoms with E-state index in [4.69, 9.17) is 5.73 Å². The highest BCUT2D eigenvalue weighted by molar-refractivity contribution is 5.56. The van der Waals surface area contributed by atoms with Gasteiger partial charge in [-0.1, -0.05) is 19.1 Å². The highest BCUT2D eigenvalue weighted by atomic mass is 19.1. The van der Waals surface area contributed by atoms with Gasteiger partial charge in [-0.2, -0.15) is 0 Å². The van der Waals surface area contributed by atoms with Crippen LogP contribution in [0.5, 0.6) is 0 Å². The quantitative estimate of drug-likeness (QED) is 0.855. The zero-order valence-electron chi connectivity index (χ0n) is 10.6. The molecule has 1 aliphatic rings. The van der Waals surface area contributed by atoms with E-state index in [0.717, 1.165) is 25.1 Å². The Morgan fingerprint density at radius 1 is 1.47 bits per heavy atom. The topological polar surface area (TPSA) is 29.3 Å². The Labute approximate surface area is 103 Å². The molecule has 0 amide bonds. The van der Waals surface area contributed by atoms with Crippen LogP contribution in [0.3, 0.4) is 0 Å². The zero-order chi connectivity index (χ0) is 12.4. The van der Waals surface area contributed by atoms with Crippen molar-refractivity contribution in [3.63, 3.8) is 0 Å². The molecular formula is C14H21FN2. The summed E-state index contributed by atoms with van der Waals surface area (Å²) in [6.45, 7) is 6.00. The highest BCUT2D eigenvalue weighted by Gasteiger charge is 2.22. The van der Waals surface area contributed by atoms with Crippen molar-refractivity contribution in [1.29, 1.82) is 0 Å². The number of piperidine rings is 1. The number of halogens is 1. The van der Waals surface area contributed by atoms with Crippen LogP contribution in [0.15, 0.2) is 18.2 Å². The summed E-state index contributed by atoms with van der Waals surface area (Å²) in [4.78, 5) is 2.15. The molecule has 3 heteroatoms. The fourth-order valence-corrected chi connectivity index (χ4v) is 2.63. The van der Waals surface area contributed by atoms with Gasteiger partial charge in [-0.15, -0.1) is 0 Å². The number of anilines is 1. The molecule has 1 aliphatic heterocycles. The van der Waals surface area contributed by atoms with Gasteiger partial charge in [-0.25, -0.2) is 4.39 Å². The van der Waals surface area contributed by atoms with Crippen molar-refractivity contribution in [2.45, 2.75) is 32.7 Å². The van der Waals surface area contributed by atoms with E-state index in [0.29, 0.717) is 11.6 Å². The normalized spacial score (nSPS) is 22.6. The fourth-order valence-electron chi connectivity index (χ4n) is 2.63. The standard InChI is InChI=1S/C14H21FN2/c1-10-5-4-8-17(9-10)14-12(11(2)16)6-3-7-13(14)15/h3,6-7,10-11H,4-5,8-9,16H2,1-2H3/t10?,11-/m0/s1. The molecule has 2 atom stereocenters. The minimum absolute atomic E-state index is 0.127. The van der Waals surface area contributed by atoms with Crippen LogP contribution in [0, 0.1) is 11.7 Å². The first-order valence-electron chi connectivity index (χ1n) is 6.38. The molecule has 0 spiro atoms. The van der Waals surface area contributed by atoms with Gasteiger partial charge in [0.15, 0.2) is 0 Å². The second kappa shape index (κ2) is 5.05. The molecule has 94 valence electrons. The Hall–Kier alpha value is -1.09. The molecule has 0 aromatic heterocycles. The largest absolute Gasteiger partial charge is 0.369 e. The molecule has 1 aromatic rings. The lowest BCUT2D eigenvalue weighted by atomic mass is 9.97. The van der Waals surface area contributed by atoms with Crippen molar-refractivity contribution in [3.8, 4) is 0 Å². The molecule has 0 bridgehead atoms. The van der Waals surface area contributed by atoms with Crippen molar-refractivity contribution in [3.05, 3.63) is 29.6 Å². The van der Waals surface area contributed by atoms with E-state index in [9.17, 15) is 4.39 Å². The second-order valence-corrected chi connectivity index (χ2v) is 5.16. The van der Waals surface area contributed by atoms with E-state index < -0.39 is 0 Å². The summed E-state index contributed by atoms with van der Waals surface area (Å²) in [5, 5.41) is 0. The predicted octanol–water partition coefficient (Wildman–Crippen LogP) is 3.08. The molecule has 1 saturated heterocycles. The fraction of sp³-hybridized carbons (Fsp3) is 0.571. The minimum Gasteiger partial charge on any atom is -0.369 e. The lowest BCUT2D eigenvalue weighted by molar-refractivity contribution is 0.440. The Morgan fingerprint density at radius 3 is 2.88 bits per heavy atom. The van der Waals surface area contributed by atoms with E-state index in [2.05, 4.69) is 11.8 Å². The molecule has 2 rings (SSSR count). The first-order chi connectivity index (χ1) is 8.09. The zero-order valence-corrected chi connectivity index (χ0v) is 10.6. The van der Waals surface area contributed by atoms with Crippen molar-refractivity contribution in [1.82, 2.24) is 0 Å². The second-order valence-electron chi connectivity index (χ2n) is 5.16. The van der Waals surface area contributed by atoms with Gasteiger partial charge < -0.3 is 10.6 Å². The molecule has 0 saturated carbocycles. The lowest BCUT2D eigenvalue weighted by Gasteiger charge is -2.34. The maximum atomic E-state index is 14.0. The maximum Gasteiger partial charge on any atom is 0.146 e. The molecule has 1 heterocycles. The molecule has 1 fully saturated rings. The number of para-hydroxylation sites is 1. The summed E-state index contributed by atoms with van der Waals surface area (Å²) >= 11 is 0. The van der Waals surface area contributed by atoms with E-state index in [1.54, 1.807) is 6.07 Å². The van der Waals surface area contributed by atoms with E-state index in [1.165, 1.54) is 12.5 Å². The Balaban J connectivity index is 2.35. The summed E-state index contributed by atoms with van der Waals surface area (Å²) in [5.74, 6) is 0.484. The number of nitrogens with zero attached hydrogens (tertiary/aromatic N) is 1. The molecule has 2 N–H and O–H groups in total. The smallest absolute Gasteiger partial charge is 0.146 e. The first-order valence-corrected chi connectivity index (χ1v) is 6.38. The Morgan fingerprint density at radius 2 is 2.24 bits per heavy atom. The molecule has 1 aromatic carbocycles. The molecule has 1 unspecified atom stereocenters. The van der Waals surface area contributed by atoms with Gasteiger partial charge in [0.05, 0.1) is 5.69 Å². The van der Waals surface area contributed by atoms with Crippen LogP contribution in [-0.2, 0) is 0 Å². The number of nitrogens with two attached hydrogens (primary N) is 1. The minimum atomic E-state index is -0.145. The Kier molecular flexibility index (Phi) is 3.67. The van der Waals surface area contributed by atoms with Gasteiger partial charge in [-0.05, 0) is 37.3 Å². The van der Waals surface area contributed by atoms with Crippen molar-refractivity contribution in [2.24, 2.45) is 11.7 Å². The number of rotatable bonds is 2. The summed E-state index contributed by atoms with van der Waals surface area (Å²) in [5.41, 5.74) is 7.56. The lowest BCUT2D eigenvalue weighted by Crippen LogP contribution is -2.36. The van der Waals surface area contributed by atoms with Gasteiger partial charge in [0.1, 0.15) is 5.82 Å². The molecular weight excluding hydrogens is 215 g/mol. The summed E-state index contributed by atoms with van der Waals surface area (Å²) in [7, 11) is 0. The molecule has 17 heavy (non-hydrogen) atoms. The van der Waals surface area contributed by atoms with Crippen LogP contribution in [0.2, 0.25) is 0 Å². The number of hydrogen-bond donors (Lipinski definition) is 1. The third-order valence-electron chi connectivity index (χ3n) is 3.48. The summed E-state index contributed by atoms with van der Waals surface area (Å²) < 4.78 is 14.0. The van der Waals surface area contributed by atoms with Crippen LogP contribution in [0.1, 0.15) is 38.3 Å². The molecule has 0 aliphatic carbocycles. The average Bonchev–Trinajstić information content (AvgIpc) is 2.28. The van der Waals surface area contributed by atoms with Gasteiger partial charge in [0.25, 0.3) is 0 Å². The monoisotopic (exact) mass is 236 g/mol. The van der Waals surface area contributed by atoms with E-state index >= 15 is 0 Å². The molecule has 0 radical (unpaired) electrons. The van der Waals surface area contributed by atoms with Crippen LogP contribution >= 0.6 is 0 Å². The predicted molar refractivity (Wildman–Crippen MR) is 69.6 cm³/mol. The van der Waals surface area contributed by atoms with E-state index in [1.807, 2.05) is 13.0 Å². The molecule has 2 nitrogen and oxygen atoms in total. The summed E-state index contributed by atoms with van der Waals surface area (Å²) in [6.07, 6.45) is 2.37. The van der Waals surface area contributed by atoms with Gasteiger partial charge in [-0.3, -0.25) is 0 Å². The first kappa shape index (κ1) is 12.4. The van der Waals surface area contributed by atoms with Gasteiger partial charge in [0.2, 0.25) is 0 Å². The summed E-state index contributed by atoms with van der Waals surface area (Å²) in [6, 6.07) is 5.08. The number of hydrogen-bond acceptors (Lipinski definition) is 2. The van der Waals surface area contributed by atoms with Crippen LogP contribution < -0.4 is 10.6 Å². The average molecular weight is 236 g/mol. The highest BCUT2D eigenvalue weighted by Crippen LogP contribution is 2.31. The van der Waals surface area contributed by atoms with Crippen molar-refractivity contribution >= 4 is 5.69 Å².